The minimum absolute atomic E-state index is 0.0972. The molecule has 2 N–H and O–H groups in total. The maximum absolute atomic E-state index is 12.8. The van der Waals surface area contributed by atoms with Gasteiger partial charge in [-0.05, 0) is 73.5 Å². The van der Waals surface area contributed by atoms with Gasteiger partial charge in [0.2, 0.25) is 15.9 Å². The van der Waals surface area contributed by atoms with Gasteiger partial charge in [-0.2, -0.15) is 4.31 Å². The average Bonchev–Trinajstić information content (AvgIpc) is 3.29. The van der Waals surface area contributed by atoms with Crippen molar-refractivity contribution in [1.29, 1.82) is 0 Å². The molecule has 9 heteroatoms. The number of amides is 1. The van der Waals surface area contributed by atoms with Gasteiger partial charge in [-0.3, -0.25) is 4.79 Å². The zero-order chi connectivity index (χ0) is 23.7. The number of nitrogens with one attached hydrogen (secondary N) is 2. The fraction of sp³-hybridized carbons (Fsp3) is 0.200. The van der Waals surface area contributed by atoms with Crippen molar-refractivity contribution in [3.05, 3.63) is 77.8 Å². The molecule has 7 nitrogen and oxygen atoms in total. The molecule has 1 saturated heterocycles. The number of carbonyl (C=O) groups is 1. The van der Waals surface area contributed by atoms with Gasteiger partial charge in [0, 0.05) is 35.3 Å². The molecule has 1 fully saturated rings. The van der Waals surface area contributed by atoms with Crippen LogP contribution in [0.15, 0.2) is 77.7 Å². The zero-order valence-electron chi connectivity index (χ0n) is 18.2. The molecule has 0 spiro atoms. The second-order valence-corrected chi connectivity index (χ2v) is 10.7. The molecular weight excluding hydrogens is 472 g/mol. The summed E-state index contributed by atoms with van der Waals surface area (Å²) in [7, 11) is -3.59. The number of fused-ring (bicyclic) bond motifs is 1. The molecule has 2 heterocycles. The normalized spacial score (nSPS) is 15.4. The van der Waals surface area contributed by atoms with Crippen molar-refractivity contribution in [2.75, 3.05) is 18.4 Å². The first-order valence-electron chi connectivity index (χ1n) is 11.0. The van der Waals surface area contributed by atoms with Gasteiger partial charge in [0.15, 0.2) is 0 Å². The van der Waals surface area contributed by atoms with Crippen LogP contribution in [-0.2, 0) is 14.8 Å². The summed E-state index contributed by atoms with van der Waals surface area (Å²) < 4.78 is 27.1. The minimum Gasteiger partial charge on any atom is -0.338 e. The molecule has 1 aromatic heterocycles. The number of aromatic nitrogens is 2. The molecule has 174 valence electrons. The van der Waals surface area contributed by atoms with E-state index in [0.717, 1.165) is 22.4 Å². The summed E-state index contributed by atoms with van der Waals surface area (Å²) in [6, 6.07) is 21.5. The molecule has 4 aromatic rings. The van der Waals surface area contributed by atoms with E-state index in [-0.39, 0.29) is 16.7 Å². The van der Waals surface area contributed by atoms with Crippen LogP contribution in [0.1, 0.15) is 12.8 Å². The number of sulfonamides is 1. The Balaban J connectivity index is 1.19. The molecule has 3 aromatic carbocycles. The van der Waals surface area contributed by atoms with Gasteiger partial charge in [0.25, 0.3) is 0 Å². The molecule has 5 rings (SSSR count). The number of hydrogen-bond acceptors (Lipinski definition) is 4. The summed E-state index contributed by atoms with van der Waals surface area (Å²) >= 11 is 5.87. The number of H-pyrrole nitrogens is 1. The van der Waals surface area contributed by atoms with Gasteiger partial charge in [-0.15, -0.1) is 0 Å². The Bertz CT molecular complexity index is 1390. The molecular formula is C25H23ClN4O3S. The lowest BCUT2D eigenvalue weighted by Crippen LogP contribution is -2.41. The molecule has 1 amide bonds. The van der Waals surface area contributed by atoms with Crippen molar-refractivity contribution in [3.63, 3.8) is 0 Å². The molecule has 1 aliphatic rings. The number of benzene rings is 3. The van der Waals surface area contributed by atoms with E-state index in [1.165, 1.54) is 16.4 Å². The van der Waals surface area contributed by atoms with E-state index in [4.69, 9.17) is 11.6 Å². The van der Waals surface area contributed by atoms with Crippen molar-refractivity contribution in [1.82, 2.24) is 14.3 Å². The number of nitrogens with zero attached hydrogens (tertiary/aromatic N) is 2. The Hall–Kier alpha value is -3.20. The molecule has 0 aliphatic carbocycles. The van der Waals surface area contributed by atoms with Crippen LogP contribution in [0.5, 0.6) is 0 Å². The topological polar surface area (TPSA) is 95.2 Å². The number of piperidine rings is 1. The smallest absolute Gasteiger partial charge is 0.243 e. The van der Waals surface area contributed by atoms with Gasteiger partial charge < -0.3 is 10.3 Å². The van der Waals surface area contributed by atoms with Crippen LogP contribution < -0.4 is 5.32 Å². The van der Waals surface area contributed by atoms with Crippen LogP contribution in [0.25, 0.3) is 22.4 Å². The van der Waals surface area contributed by atoms with Gasteiger partial charge in [0.05, 0.1) is 15.9 Å². The van der Waals surface area contributed by atoms with E-state index in [2.05, 4.69) is 15.3 Å². The zero-order valence-corrected chi connectivity index (χ0v) is 19.8. The molecule has 0 unspecified atom stereocenters. The maximum atomic E-state index is 12.8. The highest BCUT2D eigenvalue weighted by Gasteiger charge is 2.32. The number of hydrogen-bond donors (Lipinski definition) is 2. The summed E-state index contributed by atoms with van der Waals surface area (Å²) in [6.07, 6.45) is 0.936. The summed E-state index contributed by atoms with van der Waals surface area (Å²) in [4.78, 5) is 20.9. The predicted molar refractivity (Wildman–Crippen MR) is 133 cm³/mol. The Kier molecular flexibility index (Phi) is 6.12. The maximum Gasteiger partial charge on any atom is 0.243 e. The number of aromatic amines is 1. The van der Waals surface area contributed by atoms with Crippen LogP contribution in [0.3, 0.4) is 0 Å². The van der Waals surface area contributed by atoms with Crippen LogP contribution in [0.4, 0.5) is 5.69 Å². The second kappa shape index (κ2) is 9.21. The van der Waals surface area contributed by atoms with Crippen molar-refractivity contribution < 1.29 is 13.2 Å². The Morgan fingerprint density at radius 3 is 2.32 bits per heavy atom. The van der Waals surface area contributed by atoms with Crippen LogP contribution in [0, 0.1) is 5.92 Å². The third kappa shape index (κ3) is 4.57. The number of imidazole rings is 1. The number of carbonyl (C=O) groups excluding carboxylic acids is 1. The highest BCUT2D eigenvalue weighted by Crippen LogP contribution is 2.27. The van der Waals surface area contributed by atoms with E-state index in [1.54, 1.807) is 12.1 Å². The highest BCUT2D eigenvalue weighted by atomic mass is 35.5. The molecule has 1 aliphatic heterocycles. The SMILES string of the molecule is O=C(Nc1ccc(-c2nc3ccccc3[nH]2)cc1)C1CCN(S(=O)(=O)c2ccc(Cl)cc2)CC1. The van der Waals surface area contributed by atoms with Crippen LogP contribution >= 0.6 is 11.6 Å². The third-order valence-corrected chi connectivity index (χ3v) is 8.26. The largest absolute Gasteiger partial charge is 0.338 e. The van der Waals surface area contributed by atoms with E-state index < -0.39 is 10.0 Å². The summed E-state index contributed by atoms with van der Waals surface area (Å²) in [6.45, 7) is 0.599. The average molecular weight is 495 g/mol. The summed E-state index contributed by atoms with van der Waals surface area (Å²) in [5.41, 5.74) is 3.49. The van der Waals surface area contributed by atoms with Crippen molar-refractivity contribution in [3.8, 4) is 11.4 Å². The summed E-state index contributed by atoms with van der Waals surface area (Å²) in [5, 5.41) is 3.44. The second-order valence-electron chi connectivity index (χ2n) is 8.30. The van der Waals surface area contributed by atoms with Crippen molar-refractivity contribution >= 4 is 44.3 Å². The van der Waals surface area contributed by atoms with Gasteiger partial charge in [-0.25, -0.2) is 13.4 Å². The number of anilines is 1. The van der Waals surface area contributed by atoms with E-state index in [1.807, 2.05) is 48.5 Å². The van der Waals surface area contributed by atoms with E-state index in [9.17, 15) is 13.2 Å². The standard InChI is InChI=1S/C25H23ClN4O3S/c26-19-7-11-21(12-8-19)34(32,33)30-15-13-18(14-16-30)25(31)27-20-9-5-17(6-10-20)24-28-22-3-1-2-4-23(22)29-24/h1-12,18H,13-16H2,(H,27,31)(H,28,29). The Labute approximate surface area is 202 Å². The lowest BCUT2D eigenvalue weighted by Gasteiger charge is -2.30. The predicted octanol–water partition coefficient (Wildman–Crippen LogP) is 4.92. The molecule has 0 bridgehead atoms. The van der Waals surface area contributed by atoms with Gasteiger partial charge in [-0.1, -0.05) is 23.7 Å². The Morgan fingerprint density at radius 2 is 1.65 bits per heavy atom. The van der Waals surface area contributed by atoms with E-state index in [0.29, 0.717) is 36.6 Å². The minimum atomic E-state index is -3.59. The molecule has 0 atom stereocenters. The molecule has 0 radical (unpaired) electrons. The fourth-order valence-electron chi connectivity index (χ4n) is 4.16. The molecule has 0 saturated carbocycles. The highest BCUT2D eigenvalue weighted by molar-refractivity contribution is 7.89. The van der Waals surface area contributed by atoms with Crippen molar-refractivity contribution in [2.24, 2.45) is 5.92 Å². The monoisotopic (exact) mass is 494 g/mol. The van der Waals surface area contributed by atoms with Gasteiger partial charge in [0.1, 0.15) is 5.82 Å². The lowest BCUT2D eigenvalue weighted by molar-refractivity contribution is -0.120. The first kappa shape index (κ1) is 22.6. The van der Waals surface area contributed by atoms with Crippen LogP contribution in [0.2, 0.25) is 5.02 Å². The first-order valence-corrected chi connectivity index (χ1v) is 12.8. The Morgan fingerprint density at radius 1 is 0.971 bits per heavy atom. The number of para-hydroxylation sites is 2. The van der Waals surface area contributed by atoms with Crippen molar-refractivity contribution in [2.45, 2.75) is 17.7 Å². The fourth-order valence-corrected chi connectivity index (χ4v) is 5.75. The lowest BCUT2D eigenvalue weighted by atomic mass is 9.97. The first-order chi connectivity index (χ1) is 16.4. The quantitative estimate of drug-likeness (QED) is 0.411. The number of rotatable bonds is 5. The van der Waals surface area contributed by atoms with E-state index >= 15 is 0 Å². The third-order valence-electron chi connectivity index (χ3n) is 6.09. The summed E-state index contributed by atoms with van der Waals surface area (Å²) in [5.74, 6) is 0.431. The van der Waals surface area contributed by atoms with Gasteiger partial charge >= 0.3 is 0 Å². The molecule has 34 heavy (non-hydrogen) atoms. The van der Waals surface area contributed by atoms with Crippen LogP contribution in [-0.4, -0.2) is 41.7 Å². The number of halogens is 1.